The third kappa shape index (κ3) is 3.43. The zero-order valence-electron chi connectivity index (χ0n) is 11.7. The zero-order chi connectivity index (χ0) is 13.8. The summed E-state index contributed by atoms with van der Waals surface area (Å²) in [6, 6.07) is 0. The summed E-state index contributed by atoms with van der Waals surface area (Å²) in [5.74, 6) is 0.871. The summed E-state index contributed by atoms with van der Waals surface area (Å²) in [6.07, 6.45) is 2.85. The van der Waals surface area contributed by atoms with E-state index in [0.29, 0.717) is 23.7 Å². The molecule has 5 heteroatoms. The predicted octanol–water partition coefficient (Wildman–Crippen LogP) is 0.629. The average molecular weight is 265 g/mol. The lowest BCUT2D eigenvalue weighted by Gasteiger charge is -2.15. The van der Waals surface area contributed by atoms with E-state index < -0.39 is 0 Å². The lowest BCUT2D eigenvalue weighted by Crippen LogP contribution is -2.25. The topological polar surface area (TPSA) is 68.6 Å². The predicted molar refractivity (Wildman–Crippen MR) is 73.9 cm³/mol. The second-order valence-electron chi connectivity index (χ2n) is 5.40. The summed E-state index contributed by atoms with van der Waals surface area (Å²) < 4.78 is 0. The smallest absolute Gasteiger partial charge is 0.141 e. The van der Waals surface area contributed by atoms with Crippen LogP contribution in [-0.4, -0.2) is 46.8 Å². The molecule has 0 bridgehead atoms. The Labute approximate surface area is 114 Å². The maximum atomic E-state index is 10.0. The monoisotopic (exact) mass is 265 g/mol. The molecule has 19 heavy (non-hydrogen) atoms. The van der Waals surface area contributed by atoms with Gasteiger partial charge in [-0.15, -0.1) is 0 Å². The standard InChI is InChI=1S/C14H23N3O2/c1-10-14(19)13(12(9-18)6-16-10)7-15-5-11-3-4-17(2)8-11/h6,11,15,18-19H,3-5,7-9H2,1-2H3. The number of rotatable bonds is 5. The number of aromatic nitrogens is 1. The molecule has 1 aromatic rings. The number of pyridine rings is 1. The van der Waals surface area contributed by atoms with Gasteiger partial charge < -0.3 is 20.4 Å². The number of hydrogen-bond acceptors (Lipinski definition) is 5. The molecule has 1 unspecified atom stereocenters. The lowest BCUT2D eigenvalue weighted by atomic mass is 10.1. The molecular weight excluding hydrogens is 242 g/mol. The number of nitrogens with one attached hydrogen (secondary N) is 1. The molecule has 0 spiro atoms. The Morgan fingerprint density at radius 2 is 2.32 bits per heavy atom. The highest BCUT2D eigenvalue weighted by molar-refractivity contribution is 5.40. The van der Waals surface area contributed by atoms with Crippen molar-refractivity contribution >= 4 is 0 Å². The van der Waals surface area contributed by atoms with Crippen LogP contribution in [0.25, 0.3) is 0 Å². The van der Waals surface area contributed by atoms with Crippen LogP contribution in [0, 0.1) is 12.8 Å². The molecule has 0 aromatic carbocycles. The van der Waals surface area contributed by atoms with Gasteiger partial charge in [0.05, 0.1) is 12.3 Å². The van der Waals surface area contributed by atoms with E-state index in [4.69, 9.17) is 0 Å². The summed E-state index contributed by atoms with van der Waals surface area (Å²) in [7, 11) is 2.14. The lowest BCUT2D eigenvalue weighted by molar-refractivity contribution is 0.278. The molecule has 2 heterocycles. The highest BCUT2D eigenvalue weighted by Gasteiger charge is 2.19. The molecule has 0 radical (unpaired) electrons. The zero-order valence-corrected chi connectivity index (χ0v) is 11.7. The molecule has 1 atom stereocenters. The van der Waals surface area contributed by atoms with Gasteiger partial charge in [-0.25, -0.2) is 0 Å². The molecule has 0 saturated carbocycles. The van der Waals surface area contributed by atoms with E-state index in [1.54, 1.807) is 13.1 Å². The van der Waals surface area contributed by atoms with Gasteiger partial charge in [0.1, 0.15) is 5.75 Å². The molecule has 1 fully saturated rings. The maximum Gasteiger partial charge on any atom is 0.141 e. The van der Waals surface area contributed by atoms with Crippen LogP contribution < -0.4 is 5.32 Å². The maximum absolute atomic E-state index is 10.0. The van der Waals surface area contributed by atoms with Crippen LogP contribution in [0.3, 0.4) is 0 Å². The molecule has 1 aliphatic rings. The van der Waals surface area contributed by atoms with Gasteiger partial charge in [0.25, 0.3) is 0 Å². The van der Waals surface area contributed by atoms with Gasteiger partial charge >= 0.3 is 0 Å². The van der Waals surface area contributed by atoms with Crippen LogP contribution in [0.2, 0.25) is 0 Å². The minimum Gasteiger partial charge on any atom is -0.506 e. The number of likely N-dealkylation sites (tertiary alicyclic amines) is 1. The molecule has 2 rings (SSSR count). The van der Waals surface area contributed by atoms with Gasteiger partial charge in [0.15, 0.2) is 0 Å². The molecule has 106 valence electrons. The second-order valence-corrected chi connectivity index (χ2v) is 5.40. The Morgan fingerprint density at radius 3 is 2.95 bits per heavy atom. The minimum absolute atomic E-state index is 0.0932. The molecule has 3 N–H and O–H groups in total. The second kappa shape index (κ2) is 6.32. The SMILES string of the molecule is Cc1ncc(CO)c(CNCC2CCN(C)C2)c1O. The largest absolute Gasteiger partial charge is 0.506 e. The number of aryl methyl sites for hydroxylation is 1. The Morgan fingerprint density at radius 1 is 1.53 bits per heavy atom. The third-order valence-electron chi connectivity index (χ3n) is 3.82. The highest BCUT2D eigenvalue weighted by Crippen LogP contribution is 2.23. The van der Waals surface area contributed by atoms with Crippen LogP contribution in [0.5, 0.6) is 5.75 Å². The Bertz CT molecular complexity index is 437. The van der Waals surface area contributed by atoms with E-state index in [-0.39, 0.29) is 12.4 Å². The Balaban J connectivity index is 1.93. The van der Waals surface area contributed by atoms with Crippen molar-refractivity contribution in [1.29, 1.82) is 0 Å². The number of aliphatic hydroxyl groups excluding tert-OH is 1. The molecule has 0 amide bonds. The number of aromatic hydroxyl groups is 1. The van der Waals surface area contributed by atoms with Crippen molar-refractivity contribution in [1.82, 2.24) is 15.2 Å². The molecule has 1 saturated heterocycles. The van der Waals surface area contributed by atoms with Gasteiger partial charge in [0.2, 0.25) is 0 Å². The van der Waals surface area contributed by atoms with Crippen LogP contribution in [0.15, 0.2) is 6.20 Å². The van der Waals surface area contributed by atoms with Crippen LogP contribution in [0.4, 0.5) is 0 Å². The van der Waals surface area contributed by atoms with Crippen molar-refractivity contribution in [3.05, 3.63) is 23.0 Å². The Hall–Kier alpha value is -1.17. The van der Waals surface area contributed by atoms with Gasteiger partial charge in [-0.05, 0) is 39.4 Å². The first-order valence-corrected chi connectivity index (χ1v) is 6.78. The van der Waals surface area contributed by atoms with Crippen LogP contribution in [-0.2, 0) is 13.2 Å². The third-order valence-corrected chi connectivity index (χ3v) is 3.82. The fourth-order valence-electron chi connectivity index (χ4n) is 2.61. The molecule has 5 nitrogen and oxygen atoms in total. The number of aliphatic hydroxyl groups is 1. The summed E-state index contributed by atoms with van der Waals surface area (Å²) >= 11 is 0. The van der Waals surface area contributed by atoms with Gasteiger partial charge in [-0.2, -0.15) is 0 Å². The van der Waals surface area contributed by atoms with Crippen molar-refractivity contribution in [2.24, 2.45) is 5.92 Å². The van der Waals surface area contributed by atoms with Gasteiger partial charge in [-0.1, -0.05) is 0 Å². The first-order chi connectivity index (χ1) is 9.11. The molecular formula is C14H23N3O2. The van der Waals surface area contributed by atoms with E-state index in [0.717, 1.165) is 25.2 Å². The summed E-state index contributed by atoms with van der Waals surface area (Å²) in [5.41, 5.74) is 2.06. The van der Waals surface area contributed by atoms with E-state index in [9.17, 15) is 10.2 Å². The van der Waals surface area contributed by atoms with Crippen molar-refractivity contribution in [3.8, 4) is 5.75 Å². The van der Waals surface area contributed by atoms with Crippen molar-refractivity contribution < 1.29 is 10.2 Å². The van der Waals surface area contributed by atoms with Crippen molar-refractivity contribution in [2.45, 2.75) is 26.5 Å². The fourth-order valence-corrected chi connectivity index (χ4v) is 2.61. The fraction of sp³-hybridized carbons (Fsp3) is 0.643. The summed E-state index contributed by atoms with van der Waals surface area (Å²) in [5, 5.41) is 22.7. The molecule has 1 aromatic heterocycles. The van der Waals surface area contributed by atoms with Crippen LogP contribution >= 0.6 is 0 Å². The average Bonchev–Trinajstić information content (AvgIpc) is 2.80. The van der Waals surface area contributed by atoms with E-state index in [2.05, 4.69) is 22.2 Å². The summed E-state index contributed by atoms with van der Waals surface area (Å²) in [4.78, 5) is 6.39. The summed E-state index contributed by atoms with van der Waals surface area (Å²) in [6.45, 7) is 5.48. The molecule has 0 aliphatic carbocycles. The van der Waals surface area contributed by atoms with Crippen LogP contribution in [0.1, 0.15) is 23.2 Å². The Kier molecular flexibility index (Phi) is 4.74. The van der Waals surface area contributed by atoms with Gasteiger partial charge in [-0.3, -0.25) is 4.98 Å². The highest BCUT2D eigenvalue weighted by atomic mass is 16.3. The van der Waals surface area contributed by atoms with Crippen molar-refractivity contribution in [2.75, 3.05) is 26.7 Å². The van der Waals surface area contributed by atoms with E-state index >= 15 is 0 Å². The van der Waals surface area contributed by atoms with Gasteiger partial charge in [0, 0.05) is 30.4 Å². The minimum atomic E-state index is -0.0932. The van der Waals surface area contributed by atoms with E-state index in [1.165, 1.54) is 6.42 Å². The number of nitrogens with zero attached hydrogens (tertiary/aromatic N) is 2. The number of hydrogen-bond donors (Lipinski definition) is 3. The first kappa shape index (κ1) is 14.2. The van der Waals surface area contributed by atoms with Crippen molar-refractivity contribution in [3.63, 3.8) is 0 Å². The first-order valence-electron chi connectivity index (χ1n) is 6.78. The normalized spacial score (nSPS) is 20.1. The molecule has 1 aliphatic heterocycles. The quantitative estimate of drug-likeness (QED) is 0.728. The van der Waals surface area contributed by atoms with E-state index in [1.807, 2.05) is 0 Å².